The molecule has 18 heavy (non-hydrogen) atoms. The average Bonchev–Trinajstić information content (AvgIpc) is 2.39. The Labute approximate surface area is 106 Å². The topological polar surface area (TPSA) is 53.9 Å². The molecule has 1 saturated heterocycles. The van der Waals surface area contributed by atoms with Crippen molar-refractivity contribution in [2.75, 3.05) is 25.5 Å². The van der Waals surface area contributed by atoms with E-state index in [2.05, 4.69) is 22.4 Å². The minimum Gasteiger partial charge on any atom is -0.306 e. The summed E-state index contributed by atoms with van der Waals surface area (Å²) in [5.41, 5.74) is 1.64. The van der Waals surface area contributed by atoms with E-state index >= 15 is 0 Å². The normalized spacial score (nSPS) is 16.2. The molecular weight excluding hydrogens is 230 g/mol. The van der Waals surface area contributed by atoms with Crippen molar-refractivity contribution in [3.05, 3.63) is 30.3 Å². The summed E-state index contributed by atoms with van der Waals surface area (Å²) in [5, 5.41) is 6.50. The summed E-state index contributed by atoms with van der Waals surface area (Å²) >= 11 is 0. The molecule has 1 fully saturated rings. The van der Waals surface area contributed by atoms with Crippen molar-refractivity contribution < 1.29 is 9.63 Å². The molecule has 0 unspecified atom stereocenters. The zero-order valence-electron chi connectivity index (χ0n) is 10.4. The largest absolute Gasteiger partial charge is 0.437 e. The highest BCUT2D eigenvalue weighted by atomic mass is 16.7. The van der Waals surface area contributed by atoms with Crippen LogP contribution in [0.3, 0.4) is 0 Å². The van der Waals surface area contributed by atoms with E-state index < -0.39 is 6.09 Å². The second-order valence-electron chi connectivity index (χ2n) is 4.33. The van der Waals surface area contributed by atoms with Gasteiger partial charge in [-0.3, -0.25) is 10.2 Å². The van der Waals surface area contributed by atoms with E-state index in [0.29, 0.717) is 5.69 Å². The molecular formula is C13H17N3O2. The minimum atomic E-state index is -0.548. The summed E-state index contributed by atoms with van der Waals surface area (Å²) < 4.78 is 0. The summed E-state index contributed by atoms with van der Waals surface area (Å²) in [5.74, 6) is 0. The van der Waals surface area contributed by atoms with Gasteiger partial charge in [-0.1, -0.05) is 23.4 Å². The van der Waals surface area contributed by atoms with E-state index in [1.807, 2.05) is 18.2 Å². The first-order valence-electron chi connectivity index (χ1n) is 6.01. The van der Waals surface area contributed by atoms with Gasteiger partial charge in [0, 0.05) is 31.6 Å². The van der Waals surface area contributed by atoms with Gasteiger partial charge in [-0.05, 0) is 19.2 Å². The van der Waals surface area contributed by atoms with Crippen LogP contribution in [0.15, 0.2) is 35.5 Å². The maximum absolute atomic E-state index is 11.5. The molecule has 0 aromatic heterocycles. The Morgan fingerprint density at radius 3 is 2.61 bits per heavy atom. The molecule has 0 atom stereocenters. The molecule has 0 aliphatic carbocycles. The van der Waals surface area contributed by atoms with Crippen LogP contribution in [0.2, 0.25) is 0 Å². The first-order chi connectivity index (χ1) is 8.74. The number of nitrogens with zero attached hydrogens (tertiary/aromatic N) is 2. The molecule has 1 aliphatic rings. The van der Waals surface area contributed by atoms with Gasteiger partial charge < -0.3 is 4.90 Å². The molecule has 5 heteroatoms. The van der Waals surface area contributed by atoms with Gasteiger partial charge in [0.05, 0.1) is 5.71 Å². The number of nitrogens with one attached hydrogen (secondary N) is 1. The monoisotopic (exact) mass is 247 g/mol. The Hall–Kier alpha value is -1.88. The third kappa shape index (κ3) is 3.85. The molecule has 1 aromatic carbocycles. The Morgan fingerprint density at radius 1 is 1.28 bits per heavy atom. The fraction of sp³-hybridized carbons (Fsp3) is 0.385. The van der Waals surface area contributed by atoms with Crippen molar-refractivity contribution >= 4 is 17.5 Å². The third-order valence-corrected chi connectivity index (χ3v) is 2.84. The van der Waals surface area contributed by atoms with Crippen molar-refractivity contribution in [3.63, 3.8) is 0 Å². The summed E-state index contributed by atoms with van der Waals surface area (Å²) in [6.45, 7) is 1.92. The first kappa shape index (κ1) is 12.6. The van der Waals surface area contributed by atoms with Crippen LogP contribution in [0.1, 0.15) is 12.8 Å². The van der Waals surface area contributed by atoms with Crippen LogP contribution < -0.4 is 5.32 Å². The smallest absolute Gasteiger partial charge is 0.306 e. The summed E-state index contributed by atoms with van der Waals surface area (Å²) in [4.78, 5) is 18.5. The van der Waals surface area contributed by atoms with Gasteiger partial charge in [-0.25, -0.2) is 4.79 Å². The van der Waals surface area contributed by atoms with Gasteiger partial charge in [0.2, 0.25) is 0 Å². The van der Waals surface area contributed by atoms with Crippen LogP contribution >= 0.6 is 0 Å². The summed E-state index contributed by atoms with van der Waals surface area (Å²) in [7, 11) is 2.07. The molecule has 5 nitrogen and oxygen atoms in total. The molecule has 0 spiro atoms. The molecule has 1 aromatic rings. The number of amides is 1. The third-order valence-electron chi connectivity index (χ3n) is 2.84. The van der Waals surface area contributed by atoms with E-state index in [-0.39, 0.29) is 0 Å². The number of benzene rings is 1. The molecule has 0 saturated carbocycles. The van der Waals surface area contributed by atoms with E-state index in [4.69, 9.17) is 4.84 Å². The predicted molar refractivity (Wildman–Crippen MR) is 70.7 cm³/mol. The molecule has 2 rings (SSSR count). The molecule has 0 bridgehead atoms. The zero-order chi connectivity index (χ0) is 12.8. The SMILES string of the molecule is CN1CCC(=NOC(=O)Nc2ccccc2)CC1. The highest BCUT2D eigenvalue weighted by Gasteiger charge is 2.12. The predicted octanol–water partition coefficient (Wildman–Crippen LogP) is 2.32. The van der Waals surface area contributed by atoms with Crippen molar-refractivity contribution in [2.24, 2.45) is 5.16 Å². The van der Waals surface area contributed by atoms with Crippen LogP contribution in [0, 0.1) is 0 Å². The second-order valence-corrected chi connectivity index (χ2v) is 4.33. The first-order valence-corrected chi connectivity index (χ1v) is 6.01. The second kappa shape index (κ2) is 6.16. The Morgan fingerprint density at radius 2 is 1.94 bits per heavy atom. The zero-order valence-corrected chi connectivity index (χ0v) is 10.4. The van der Waals surface area contributed by atoms with E-state index in [0.717, 1.165) is 31.6 Å². The van der Waals surface area contributed by atoms with Crippen LogP contribution in [0.4, 0.5) is 10.5 Å². The van der Waals surface area contributed by atoms with E-state index in [1.54, 1.807) is 12.1 Å². The van der Waals surface area contributed by atoms with Crippen LogP contribution in [-0.2, 0) is 4.84 Å². The van der Waals surface area contributed by atoms with Crippen molar-refractivity contribution in [1.29, 1.82) is 0 Å². The maximum atomic E-state index is 11.5. The number of oxime groups is 1. The van der Waals surface area contributed by atoms with Gasteiger partial charge in [0.1, 0.15) is 0 Å². The molecule has 1 N–H and O–H groups in total. The fourth-order valence-electron chi connectivity index (χ4n) is 1.74. The lowest BCUT2D eigenvalue weighted by Crippen LogP contribution is -2.30. The van der Waals surface area contributed by atoms with Gasteiger partial charge in [0.15, 0.2) is 0 Å². The van der Waals surface area contributed by atoms with E-state index in [9.17, 15) is 4.79 Å². The molecule has 96 valence electrons. The molecule has 1 amide bonds. The quantitative estimate of drug-likeness (QED) is 0.644. The molecule has 1 heterocycles. The average molecular weight is 247 g/mol. The van der Waals surface area contributed by atoms with Crippen LogP contribution in [0.25, 0.3) is 0 Å². The van der Waals surface area contributed by atoms with Gasteiger partial charge in [-0.15, -0.1) is 0 Å². The van der Waals surface area contributed by atoms with Crippen molar-refractivity contribution in [2.45, 2.75) is 12.8 Å². The lowest BCUT2D eigenvalue weighted by Gasteiger charge is -2.22. The number of hydrogen-bond acceptors (Lipinski definition) is 4. The lowest BCUT2D eigenvalue weighted by atomic mass is 10.1. The number of carbonyl (C=O) groups excluding carboxylic acids is 1. The Balaban J connectivity index is 1.80. The summed E-state index contributed by atoms with van der Waals surface area (Å²) in [6.07, 6.45) is 1.16. The fourth-order valence-corrected chi connectivity index (χ4v) is 1.74. The minimum absolute atomic E-state index is 0.548. The van der Waals surface area contributed by atoms with Gasteiger partial charge in [0.25, 0.3) is 0 Å². The standard InChI is InChI=1S/C13H17N3O2/c1-16-9-7-12(8-10-16)15-18-13(17)14-11-5-3-2-4-6-11/h2-6H,7-10H2,1H3,(H,14,17). The Kier molecular flexibility index (Phi) is 4.30. The van der Waals surface area contributed by atoms with Gasteiger partial charge in [-0.2, -0.15) is 0 Å². The number of rotatable bonds is 2. The van der Waals surface area contributed by atoms with Crippen LogP contribution in [0.5, 0.6) is 0 Å². The number of hydrogen-bond donors (Lipinski definition) is 1. The number of para-hydroxylation sites is 1. The number of anilines is 1. The van der Waals surface area contributed by atoms with Crippen molar-refractivity contribution in [1.82, 2.24) is 4.90 Å². The van der Waals surface area contributed by atoms with Crippen LogP contribution in [-0.4, -0.2) is 36.8 Å². The number of likely N-dealkylation sites (tertiary alicyclic amines) is 1. The maximum Gasteiger partial charge on any atom is 0.437 e. The summed E-state index contributed by atoms with van der Waals surface area (Å²) in [6, 6.07) is 9.17. The Bertz CT molecular complexity index is 421. The highest BCUT2D eigenvalue weighted by molar-refractivity contribution is 5.88. The lowest BCUT2D eigenvalue weighted by molar-refractivity contribution is 0.165. The van der Waals surface area contributed by atoms with E-state index in [1.165, 1.54) is 0 Å². The number of carbonyl (C=O) groups is 1. The molecule has 1 aliphatic heterocycles. The molecule has 0 radical (unpaired) electrons. The van der Waals surface area contributed by atoms with Crippen molar-refractivity contribution in [3.8, 4) is 0 Å². The van der Waals surface area contributed by atoms with Gasteiger partial charge >= 0.3 is 6.09 Å². The highest BCUT2D eigenvalue weighted by Crippen LogP contribution is 2.07. The number of piperidine rings is 1.